The normalized spacial score (nSPS) is 15.7. The van der Waals surface area contributed by atoms with E-state index in [4.69, 9.17) is 5.73 Å². The number of hydrogen-bond donors (Lipinski definition) is 2. The van der Waals surface area contributed by atoms with Gasteiger partial charge in [0.1, 0.15) is 0 Å². The van der Waals surface area contributed by atoms with E-state index in [9.17, 15) is 9.59 Å². The number of carbonyl (C=O) groups excluding carboxylic acids is 2. The Morgan fingerprint density at radius 1 is 1.43 bits per heavy atom. The second kappa shape index (κ2) is 3.15. The number of nitrogens with two attached hydrogens (primary N) is 1. The number of hydrazine groups is 1. The molecule has 3 amide bonds. The molecule has 1 heterocycles. The van der Waals surface area contributed by atoms with Crippen molar-refractivity contribution in [3.05, 3.63) is 29.8 Å². The van der Waals surface area contributed by atoms with Gasteiger partial charge < -0.3 is 5.73 Å². The zero-order chi connectivity index (χ0) is 10.1. The predicted molar refractivity (Wildman–Crippen MR) is 53.5 cm³/mol. The number of nitrogens with one attached hydrogen (secondary N) is 1. The van der Waals surface area contributed by atoms with Crippen LogP contribution in [0.5, 0.6) is 0 Å². The van der Waals surface area contributed by atoms with Gasteiger partial charge in [-0.05, 0) is 11.3 Å². The van der Waals surface area contributed by atoms with Gasteiger partial charge in [-0.2, -0.15) is 0 Å². The van der Waals surface area contributed by atoms with Gasteiger partial charge in [0.25, 0.3) is 5.91 Å². The first-order valence-electron chi connectivity index (χ1n) is 4.14. The molecule has 0 bridgehead atoms. The summed E-state index contributed by atoms with van der Waals surface area (Å²) in [4.78, 5) is 22.2. The highest BCUT2D eigenvalue weighted by molar-refractivity contribution is 6.60. The predicted octanol–water partition coefficient (Wildman–Crippen LogP) is -1.57. The second-order valence-corrected chi connectivity index (χ2v) is 4.73. The maximum absolute atomic E-state index is 11.6. The van der Waals surface area contributed by atoms with Gasteiger partial charge in [0, 0.05) is 5.56 Å². The van der Waals surface area contributed by atoms with Crippen molar-refractivity contribution in [1.82, 2.24) is 10.1 Å². The zero-order valence-electron chi connectivity index (χ0n) is 7.36. The van der Waals surface area contributed by atoms with E-state index in [0.717, 1.165) is 5.19 Å². The summed E-state index contributed by atoms with van der Waals surface area (Å²) >= 11 is 0. The van der Waals surface area contributed by atoms with Gasteiger partial charge in [0.05, 0.1) is 0 Å². The van der Waals surface area contributed by atoms with Crippen molar-refractivity contribution in [1.29, 1.82) is 0 Å². The van der Waals surface area contributed by atoms with Crippen LogP contribution in [0.15, 0.2) is 24.3 Å². The highest BCUT2D eigenvalue weighted by Crippen LogP contribution is 2.06. The molecule has 1 aliphatic rings. The van der Waals surface area contributed by atoms with Gasteiger partial charge in [-0.3, -0.25) is 14.9 Å². The number of fused-ring (bicyclic) bond motifs is 1. The lowest BCUT2D eigenvalue weighted by atomic mass is 10.2. The third-order valence-electron chi connectivity index (χ3n) is 2.07. The molecule has 0 unspecified atom stereocenters. The van der Waals surface area contributed by atoms with Gasteiger partial charge in [-0.15, -0.1) is 0 Å². The fraction of sp³-hybridized carbons (Fsp3) is 0. The van der Waals surface area contributed by atoms with Crippen LogP contribution in [0.25, 0.3) is 0 Å². The van der Waals surface area contributed by atoms with Crippen LogP contribution in [-0.2, 0) is 0 Å². The molecule has 14 heavy (non-hydrogen) atoms. The van der Waals surface area contributed by atoms with E-state index in [1.54, 1.807) is 12.1 Å². The topological polar surface area (TPSA) is 75.4 Å². The number of hydrogen-bond acceptors (Lipinski definition) is 2. The molecule has 0 saturated carbocycles. The Hall–Kier alpha value is -1.82. The first kappa shape index (κ1) is 8.76. The monoisotopic (exact) mass is 207 g/mol. The molecular weight excluding hydrogens is 198 g/mol. The molecule has 1 aromatic rings. The average Bonchev–Trinajstić information content (AvgIpc) is 2.44. The molecule has 0 aromatic heterocycles. The maximum atomic E-state index is 11.6. The summed E-state index contributed by atoms with van der Waals surface area (Å²) in [6.45, 7) is 0. The van der Waals surface area contributed by atoms with Crippen LogP contribution in [0.1, 0.15) is 10.4 Å². The molecule has 0 atom stereocenters. The lowest BCUT2D eigenvalue weighted by molar-refractivity contribution is 0.0833. The highest BCUT2D eigenvalue weighted by Gasteiger charge is 2.27. The molecule has 5 nitrogen and oxygen atoms in total. The molecule has 3 N–H and O–H groups in total. The van der Waals surface area contributed by atoms with Crippen molar-refractivity contribution >= 4 is 26.8 Å². The van der Waals surface area contributed by atoms with E-state index in [-0.39, 0.29) is 5.91 Å². The Kier molecular flexibility index (Phi) is 1.97. The molecule has 0 aliphatic carbocycles. The highest BCUT2D eigenvalue weighted by atomic mass is 28.2. The van der Waals surface area contributed by atoms with Crippen molar-refractivity contribution < 1.29 is 9.59 Å². The third kappa shape index (κ3) is 1.35. The van der Waals surface area contributed by atoms with Crippen molar-refractivity contribution in [2.75, 3.05) is 0 Å². The summed E-state index contributed by atoms with van der Waals surface area (Å²) in [7, 11) is -0.913. The minimum absolute atomic E-state index is 0.161. The SMILES string of the molecule is NC(=O)NN1[SiH2]c2ccccc2C1=O. The van der Waals surface area contributed by atoms with E-state index in [2.05, 4.69) is 5.43 Å². The number of amides is 3. The zero-order valence-corrected chi connectivity index (χ0v) is 8.77. The summed E-state index contributed by atoms with van der Waals surface area (Å²) in [6.07, 6.45) is 0. The smallest absolute Gasteiger partial charge is 0.330 e. The molecule has 0 radical (unpaired) electrons. The molecule has 0 saturated heterocycles. The number of nitrogens with zero attached hydrogens (tertiary/aromatic N) is 1. The summed E-state index contributed by atoms with van der Waals surface area (Å²) in [5.74, 6) is -0.161. The molecule has 2 rings (SSSR count). The van der Waals surface area contributed by atoms with E-state index in [1.165, 1.54) is 4.67 Å². The fourth-order valence-corrected chi connectivity index (χ4v) is 3.05. The van der Waals surface area contributed by atoms with E-state index >= 15 is 0 Å². The largest absolute Gasteiger partial charge is 0.350 e. The Morgan fingerprint density at radius 3 is 2.79 bits per heavy atom. The van der Waals surface area contributed by atoms with Gasteiger partial charge in [-0.1, -0.05) is 18.2 Å². The van der Waals surface area contributed by atoms with Crippen molar-refractivity contribution in [2.24, 2.45) is 5.73 Å². The number of benzene rings is 1. The first-order chi connectivity index (χ1) is 6.68. The summed E-state index contributed by atoms with van der Waals surface area (Å²) in [6, 6.07) is 6.65. The second-order valence-electron chi connectivity index (χ2n) is 3.02. The number of urea groups is 1. The van der Waals surface area contributed by atoms with Crippen LogP contribution in [0.4, 0.5) is 4.79 Å². The Morgan fingerprint density at radius 2 is 2.14 bits per heavy atom. The number of rotatable bonds is 1. The van der Waals surface area contributed by atoms with Crippen molar-refractivity contribution in [2.45, 2.75) is 0 Å². The minimum atomic E-state index is -0.913. The lowest BCUT2D eigenvalue weighted by Gasteiger charge is -2.14. The van der Waals surface area contributed by atoms with Gasteiger partial charge in [0.2, 0.25) is 0 Å². The summed E-state index contributed by atoms with van der Waals surface area (Å²) < 4.78 is 1.34. The molecule has 6 heteroatoms. The van der Waals surface area contributed by atoms with Gasteiger partial charge in [0.15, 0.2) is 9.68 Å². The van der Waals surface area contributed by atoms with Crippen LogP contribution in [0.3, 0.4) is 0 Å². The van der Waals surface area contributed by atoms with Crippen molar-refractivity contribution in [3.8, 4) is 0 Å². The number of primary amides is 1. The molecule has 0 spiro atoms. The Bertz CT molecular complexity index is 407. The fourth-order valence-electron chi connectivity index (χ4n) is 1.48. The molecule has 1 aliphatic heterocycles. The number of carbonyl (C=O) groups is 2. The van der Waals surface area contributed by atoms with E-state index in [1.807, 2.05) is 12.1 Å². The maximum Gasteiger partial charge on any atom is 0.330 e. The van der Waals surface area contributed by atoms with Crippen LogP contribution in [-0.4, -0.2) is 26.3 Å². The van der Waals surface area contributed by atoms with Crippen LogP contribution < -0.4 is 16.3 Å². The van der Waals surface area contributed by atoms with Crippen LogP contribution >= 0.6 is 0 Å². The molecule has 0 fully saturated rings. The molecule has 72 valence electrons. The summed E-state index contributed by atoms with van der Waals surface area (Å²) in [5, 5.41) is 1.03. The van der Waals surface area contributed by atoms with Crippen LogP contribution in [0, 0.1) is 0 Å². The van der Waals surface area contributed by atoms with E-state index in [0.29, 0.717) is 5.56 Å². The summed E-state index contributed by atoms with van der Waals surface area (Å²) in [5.41, 5.74) is 7.94. The minimum Gasteiger partial charge on any atom is -0.350 e. The van der Waals surface area contributed by atoms with Crippen LogP contribution in [0.2, 0.25) is 0 Å². The van der Waals surface area contributed by atoms with Gasteiger partial charge >= 0.3 is 6.03 Å². The van der Waals surface area contributed by atoms with Crippen molar-refractivity contribution in [3.63, 3.8) is 0 Å². The molecular formula is C8H9N3O2Si. The first-order valence-corrected chi connectivity index (χ1v) is 5.48. The standard InChI is InChI=1S/C8H9N3O2Si/c9-8(13)10-11-7(12)5-3-1-2-4-6(5)14-11/h1-4H,14H2,(H3,9,10,13). The van der Waals surface area contributed by atoms with E-state index < -0.39 is 15.7 Å². The Balaban J connectivity index is 2.26. The average molecular weight is 207 g/mol. The lowest BCUT2D eigenvalue weighted by Crippen LogP contribution is -2.48. The quantitative estimate of drug-likeness (QED) is 0.546. The Labute approximate surface area is 82.8 Å². The van der Waals surface area contributed by atoms with Gasteiger partial charge in [-0.25, -0.2) is 4.79 Å². The molecule has 1 aromatic carbocycles. The third-order valence-corrected chi connectivity index (χ3v) is 3.79.